The van der Waals surface area contributed by atoms with Gasteiger partial charge in [-0.3, -0.25) is 9.10 Å². The highest BCUT2D eigenvalue weighted by atomic mass is 32.2. The van der Waals surface area contributed by atoms with Crippen LogP contribution in [0.1, 0.15) is 40.7 Å². The van der Waals surface area contributed by atoms with Crippen molar-refractivity contribution < 1.29 is 13.2 Å². The van der Waals surface area contributed by atoms with Crippen LogP contribution >= 0.6 is 0 Å². The van der Waals surface area contributed by atoms with Gasteiger partial charge in [-0.15, -0.1) is 0 Å². The molecule has 1 fully saturated rings. The van der Waals surface area contributed by atoms with E-state index in [1.54, 1.807) is 18.2 Å². The van der Waals surface area contributed by atoms with Crippen molar-refractivity contribution in [1.82, 2.24) is 5.32 Å². The Bertz CT molecular complexity index is 965. The molecule has 1 N–H and O–H groups in total. The lowest BCUT2D eigenvalue weighted by molar-refractivity contribution is 0.0951. The summed E-state index contributed by atoms with van der Waals surface area (Å²) < 4.78 is 24.9. The van der Waals surface area contributed by atoms with E-state index in [-0.39, 0.29) is 5.91 Å². The normalized spacial score (nSPS) is 14.5. The number of piperidine rings is 1. The number of carbonyl (C=O) groups excluding carboxylic acids is 1. The number of nitrogens with one attached hydrogen (secondary N) is 1. The minimum atomic E-state index is -3.39. The smallest absolute Gasteiger partial charge is 0.251 e. The Labute approximate surface area is 173 Å². The van der Waals surface area contributed by atoms with Gasteiger partial charge in [0.15, 0.2) is 0 Å². The van der Waals surface area contributed by atoms with Gasteiger partial charge in [0.1, 0.15) is 0 Å². The first-order chi connectivity index (χ1) is 13.8. The van der Waals surface area contributed by atoms with E-state index in [4.69, 9.17) is 0 Å². The number of aryl methyl sites for hydroxylation is 1. The van der Waals surface area contributed by atoms with Crippen LogP contribution in [0.4, 0.5) is 11.4 Å². The van der Waals surface area contributed by atoms with E-state index >= 15 is 0 Å². The first-order valence-electron chi connectivity index (χ1n) is 9.92. The largest absolute Gasteiger partial charge is 0.372 e. The predicted molar refractivity (Wildman–Crippen MR) is 118 cm³/mol. The average Bonchev–Trinajstić information content (AvgIpc) is 2.72. The van der Waals surface area contributed by atoms with Crippen molar-refractivity contribution in [2.45, 2.75) is 32.7 Å². The molecule has 2 aromatic carbocycles. The van der Waals surface area contributed by atoms with E-state index in [9.17, 15) is 13.2 Å². The first-order valence-corrected chi connectivity index (χ1v) is 11.8. The summed E-state index contributed by atoms with van der Waals surface area (Å²) in [6.45, 7) is 4.45. The summed E-state index contributed by atoms with van der Waals surface area (Å²) in [5.74, 6) is -0.228. The lowest BCUT2D eigenvalue weighted by atomic mass is 10.1. The zero-order valence-corrected chi connectivity index (χ0v) is 18.1. The Morgan fingerprint density at radius 2 is 1.72 bits per heavy atom. The van der Waals surface area contributed by atoms with Crippen LogP contribution in [-0.4, -0.2) is 40.7 Å². The molecule has 1 aliphatic rings. The third-order valence-corrected chi connectivity index (χ3v) is 6.61. The minimum Gasteiger partial charge on any atom is -0.372 e. The fraction of sp³-hybridized carbons (Fsp3) is 0.409. The lowest BCUT2D eigenvalue weighted by Crippen LogP contribution is -2.29. The number of sulfonamides is 1. The molecule has 0 saturated carbocycles. The molecule has 6 nitrogen and oxygen atoms in total. The topological polar surface area (TPSA) is 69.7 Å². The van der Waals surface area contributed by atoms with E-state index in [0.29, 0.717) is 17.8 Å². The molecule has 0 aromatic heterocycles. The molecule has 29 heavy (non-hydrogen) atoms. The molecule has 1 amide bonds. The van der Waals surface area contributed by atoms with Gasteiger partial charge in [0.2, 0.25) is 10.0 Å². The fourth-order valence-electron chi connectivity index (χ4n) is 3.53. The Kier molecular flexibility index (Phi) is 6.47. The predicted octanol–water partition coefficient (Wildman–Crippen LogP) is 3.31. The number of benzene rings is 2. The van der Waals surface area contributed by atoms with Gasteiger partial charge >= 0.3 is 0 Å². The van der Waals surface area contributed by atoms with Gasteiger partial charge in [-0.1, -0.05) is 18.2 Å². The van der Waals surface area contributed by atoms with Crippen molar-refractivity contribution >= 4 is 27.3 Å². The monoisotopic (exact) mass is 415 g/mol. The summed E-state index contributed by atoms with van der Waals surface area (Å²) in [4.78, 5) is 15.0. The van der Waals surface area contributed by atoms with Crippen LogP contribution in [0.15, 0.2) is 42.5 Å². The number of rotatable bonds is 6. The Morgan fingerprint density at radius 1 is 1.07 bits per heavy atom. The van der Waals surface area contributed by atoms with E-state index in [1.165, 1.54) is 36.3 Å². The Morgan fingerprint density at radius 3 is 2.34 bits per heavy atom. The maximum absolute atomic E-state index is 12.6. The molecular formula is C22H29N3O3S. The van der Waals surface area contributed by atoms with Crippen LogP contribution in [0.5, 0.6) is 0 Å². The second kappa shape index (κ2) is 8.86. The number of nitrogens with zero attached hydrogens (tertiary/aromatic N) is 2. The lowest BCUT2D eigenvalue weighted by Gasteiger charge is -2.28. The van der Waals surface area contributed by atoms with E-state index in [0.717, 1.165) is 30.5 Å². The number of hydrogen-bond acceptors (Lipinski definition) is 4. The Hall–Kier alpha value is -2.54. The second-order valence-electron chi connectivity index (χ2n) is 7.63. The highest BCUT2D eigenvalue weighted by Gasteiger charge is 2.17. The SMILES string of the molecule is Cc1ccc(C(=O)NCc2ccc(N3CCCCC3)cc2)cc1N(C)S(C)(=O)=O. The van der Waals surface area contributed by atoms with Crippen molar-refractivity contribution in [2.75, 3.05) is 35.6 Å². The summed E-state index contributed by atoms with van der Waals surface area (Å²) in [6, 6.07) is 13.4. The van der Waals surface area contributed by atoms with Crippen LogP contribution in [0.2, 0.25) is 0 Å². The third kappa shape index (κ3) is 5.29. The molecule has 0 spiro atoms. The molecule has 0 bridgehead atoms. The van der Waals surface area contributed by atoms with Gasteiger partial charge in [-0.2, -0.15) is 0 Å². The molecule has 1 saturated heterocycles. The van der Waals surface area contributed by atoms with Gasteiger partial charge in [0.05, 0.1) is 11.9 Å². The van der Waals surface area contributed by atoms with Crippen LogP contribution in [0.25, 0.3) is 0 Å². The van der Waals surface area contributed by atoms with Crippen LogP contribution in [0, 0.1) is 6.92 Å². The summed E-state index contributed by atoms with van der Waals surface area (Å²) >= 11 is 0. The molecule has 0 atom stereocenters. The summed E-state index contributed by atoms with van der Waals surface area (Å²) in [6.07, 6.45) is 4.93. The third-order valence-electron chi connectivity index (χ3n) is 5.42. The van der Waals surface area contributed by atoms with E-state index < -0.39 is 10.0 Å². The molecule has 0 unspecified atom stereocenters. The van der Waals surface area contributed by atoms with Crippen LogP contribution < -0.4 is 14.5 Å². The minimum absolute atomic E-state index is 0.228. The number of carbonyl (C=O) groups is 1. The molecule has 1 heterocycles. The fourth-order valence-corrected chi connectivity index (χ4v) is 4.08. The molecule has 156 valence electrons. The van der Waals surface area contributed by atoms with Crippen molar-refractivity contribution in [3.05, 3.63) is 59.2 Å². The summed E-state index contributed by atoms with van der Waals surface area (Å²) in [5, 5.41) is 2.92. The zero-order chi connectivity index (χ0) is 21.0. The zero-order valence-electron chi connectivity index (χ0n) is 17.3. The van der Waals surface area contributed by atoms with Crippen molar-refractivity contribution in [3.63, 3.8) is 0 Å². The van der Waals surface area contributed by atoms with Crippen molar-refractivity contribution in [3.8, 4) is 0 Å². The number of hydrogen-bond donors (Lipinski definition) is 1. The summed E-state index contributed by atoms with van der Waals surface area (Å²) in [5.41, 5.74) is 3.99. The molecule has 7 heteroatoms. The number of amides is 1. The maximum atomic E-state index is 12.6. The quantitative estimate of drug-likeness (QED) is 0.786. The van der Waals surface area contributed by atoms with E-state index in [2.05, 4.69) is 22.3 Å². The standard InChI is InChI=1S/C22H29N3O3S/c1-17-7-10-19(15-21(17)24(2)29(3,27)28)22(26)23-16-18-8-11-20(12-9-18)25-13-5-4-6-14-25/h7-12,15H,4-6,13-14,16H2,1-3H3,(H,23,26). The second-order valence-corrected chi connectivity index (χ2v) is 9.64. The average molecular weight is 416 g/mol. The van der Waals surface area contributed by atoms with E-state index in [1.807, 2.05) is 19.1 Å². The summed E-state index contributed by atoms with van der Waals surface area (Å²) in [7, 11) is -1.90. The van der Waals surface area contributed by atoms with Crippen molar-refractivity contribution in [1.29, 1.82) is 0 Å². The van der Waals surface area contributed by atoms with Crippen molar-refractivity contribution in [2.24, 2.45) is 0 Å². The number of anilines is 2. The van der Waals surface area contributed by atoms with Gasteiger partial charge in [0, 0.05) is 37.9 Å². The molecule has 0 radical (unpaired) electrons. The molecular weight excluding hydrogens is 386 g/mol. The van der Waals surface area contributed by atoms with Crippen LogP contribution in [-0.2, 0) is 16.6 Å². The van der Waals surface area contributed by atoms with Gasteiger partial charge in [-0.05, 0) is 61.6 Å². The molecule has 0 aliphatic carbocycles. The van der Waals surface area contributed by atoms with Gasteiger partial charge < -0.3 is 10.2 Å². The van der Waals surface area contributed by atoms with Gasteiger partial charge in [0.25, 0.3) is 5.91 Å². The first kappa shape index (κ1) is 21.2. The van der Waals surface area contributed by atoms with Crippen LogP contribution in [0.3, 0.4) is 0 Å². The highest BCUT2D eigenvalue weighted by Crippen LogP contribution is 2.23. The molecule has 2 aromatic rings. The highest BCUT2D eigenvalue weighted by molar-refractivity contribution is 7.92. The van der Waals surface area contributed by atoms with Gasteiger partial charge in [-0.25, -0.2) is 8.42 Å². The molecule has 3 rings (SSSR count). The molecule has 1 aliphatic heterocycles. The maximum Gasteiger partial charge on any atom is 0.251 e. The Balaban J connectivity index is 1.65.